The molecule has 0 unspecified atom stereocenters. The Morgan fingerprint density at radius 1 is 1.13 bits per heavy atom. The van der Waals surface area contributed by atoms with Gasteiger partial charge in [-0.15, -0.1) is 0 Å². The van der Waals surface area contributed by atoms with Gasteiger partial charge >= 0.3 is 0 Å². The predicted octanol–water partition coefficient (Wildman–Crippen LogP) is 4.64. The summed E-state index contributed by atoms with van der Waals surface area (Å²) >= 11 is 0. The molecule has 0 aliphatic rings. The lowest BCUT2D eigenvalue weighted by molar-refractivity contribution is -0.116. The number of Topliss-reactive ketones (excluding diaryl/α,β-unsaturated/α-hetero) is 1. The third-order valence-electron chi connectivity index (χ3n) is 1.44. The molecule has 88 valence electrons. The van der Waals surface area contributed by atoms with Crippen LogP contribution in [0.25, 0.3) is 0 Å². The van der Waals surface area contributed by atoms with Crippen LogP contribution in [0.5, 0.6) is 0 Å². The van der Waals surface area contributed by atoms with E-state index in [-0.39, 0.29) is 13.2 Å². The van der Waals surface area contributed by atoms with E-state index in [9.17, 15) is 4.79 Å². The number of carbonyl (C=O) groups excluding carboxylic acids is 1. The Labute approximate surface area is 95.5 Å². The van der Waals surface area contributed by atoms with Crippen molar-refractivity contribution in [2.24, 2.45) is 0 Å². The number of aryl methyl sites for hydroxylation is 1. The Hall–Kier alpha value is -1.11. The van der Waals surface area contributed by atoms with E-state index in [2.05, 4.69) is 19.1 Å². The summed E-state index contributed by atoms with van der Waals surface area (Å²) in [5, 5.41) is 0. The SMILES string of the molecule is C.CC.CCC(C)=O.Cc1ccccc1. The summed E-state index contributed by atoms with van der Waals surface area (Å²) in [6.07, 6.45) is 0.667. The van der Waals surface area contributed by atoms with Gasteiger partial charge in [-0.2, -0.15) is 0 Å². The van der Waals surface area contributed by atoms with E-state index in [4.69, 9.17) is 0 Å². The zero-order valence-corrected chi connectivity index (χ0v) is 10.0. The molecule has 0 aliphatic heterocycles. The summed E-state index contributed by atoms with van der Waals surface area (Å²) < 4.78 is 0. The maximum Gasteiger partial charge on any atom is 0.129 e. The quantitative estimate of drug-likeness (QED) is 0.659. The highest BCUT2D eigenvalue weighted by atomic mass is 16.1. The fraction of sp³-hybridized carbons (Fsp3) is 0.500. The molecule has 15 heavy (non-hydrogen) atoms. The topological polar surface area (TPSA) is 17.1 Å². The van der Waals surface area contributed by atoms with E-state index in [1.54, 1.807) is 6.92 Å². The molecule has 0 N–H and O–H groups in total. The lowest BCUT2D eigenvalue weighted by Gasteiger charge is -1.82. The van der Waals surface area contributed by atoms with Crippen LogP contribution in [0.3, 0.4) is 0 Å². The minimum Gasteiger partial charge on any atom is -0.300 e. The van der Waals surface area contributed by atoms with Crippen molar-refractivity contribution < 1.29 is 4.79 Å². The van der Waals surface area contributed by atoms with E-state index < -0.39 is 0 Å². The molecule has 0 atom stereocenters. The van der Waals surface area contributed by atoms with Gasteiger partial charge in [-0.05, 0) is 13.8 Å². The molecule has 0 fully saturated rings. The smallest absolute Gasteiger partial charge is 0.129 e. The van der Waals surface area contributed by atoms with Gasteiger partial charge in [-0.25, -0.2) is 0 Å². The first kappa shape index (κ1) is 19.5. The van der Waals surface area contributed by atoms with Gasteiger partial charge in [0.15, 0.2) is 0 Å². The summed E-state index contributed by atoms with van der Waals surface area (Å²) in [6, 6.07) is 10.3. The second-order valence-corrected chi connectivity index (χ2v) is 2.71. The highest BCUT2D eigenvalue weighted by Crippen LogP contribution is 1.92. The van der Waals surface area contributed by atoms with Crippen LogP contribution in [0.15, 0.2) is 30.3 Å². The molecule has 1 rings (SSSR count). The normalized spacial score (nSPS) is 7.00. The zero-order chi connectivity index (χ0) is 11.4. The number of hydrogen-bond acceptors (Lipinski definition) is 1. The molecule has 0 aromatic heterocycles. The Balaban J connectivity index is -0.000000162. The van der Waals surface area contributed by atoms with Gasteiger partial charge in [0, 0.05) is 6.42 Å². The van der Waals surface area contributed by atoms with Crippen LogP contribution in [0, 0.1) is 6.92 Å². The molecule has 0 amide bonds. The van der Waals surface area contributed by atoms with Crippen LogP contribution < -0.4 is 0 Å². The molecule has 1 aromatic rings. The Morgan fingerprint density at radius 2 is 1.47 bits per heavy atom. The van der Waals surface area contributed by atoms with Gasteiger partial charge < -0.3 is 4.79 Å². The highest BCUT2D eigenvalue weighted by Gasteiger charge is 1.76. The minimum absolute atomic E-state index is 0. The van der Waals surface area contributed by atoms with Gasteiger partial charge in [0.25, 0.3) is 0 Å². The van der Waals surface area contributed by atoms with Crippen LogP contribution in [-0.4, -0.2) is 5.78 Å². The number of carbonyl (C=O) groups is 1. The van der Waals surface area contributed by atoms with Crippen LogP contribution >= 0.6 is 0 Å². The number of rotatable bonds is 1. The van der Waals surface area contributed by atoms with Crippen molar-refractivity contribution in [1.29, 1.82) is 0 Å². The molecule has 0 heterocycles. The number of ketones is 1. The fourth-order valence-corrected chi connectivity index (χ4v) is 0.534. The zero-order valence-electron chi connectivity index (χ0n) is 10.0. The molecule has 0 saturated carbocycles. The molecule has 1 nitrogen and oxygen atoms in total. The van der Waals surface area contributed by atoms with Crippen molar-refractivity contribution in [3.63, 3.8) is 0 Å². The first-order valence-electron chi connectivity index (χ1n) is 5.18. The van der Waals surface area contributed by atoms with Crippen LogP contribution in [-0.2, 0) is 4.79 Å². The summed E-state index contributed by atoms with van der Waals surface area (Å²) in [4.78, 5) is 9.81. The molecule has 1 heteroatoms. The van der Waals surface area contributed by atoms with Crippen molar-refractivity contribution >= 4 is 5.78 Å². The summed E-state index contributed by atoms with van der Waals surface area (Å²) in [7, 11) is 0. The molecule has 0 spiro atoms. The van der Waals surface area contributed by atoms with Gasteiger partial charge in [-0.3, -0.25) is 0 Å². The lowest BCUT2D eigenvalue weighted by atomic mass is 10.2. The maximum atomic E-state index is 9.81. The van der Waals surface area contributed by atoms with E-state index in [0.717, 1.165) is 0 Å². The second kappa shape index (κ2) is 15.4. The second-order valence-electron chi connectivity index (χ2n) is 2.71. The Bertz CT molecular complexity index is 214. The first-order valence-corrected chi connectivity index (χ1v) is 5.18. The van der Waals surface area contributed by atoms with Crippen molar-refractivity contribution in [2.45, 2.75) is 48.5 Å². The largest absolute Gasteiger partial charge is 0.300 e. The van der Waals surface area contributed by atoms with E-state index in [0.29, 0.717) is 6.42 Å². The van der Waals surface area contributed by atoms with Crippen molar-refractivity contribution in [3.8, 4) is 0 Å². The van der Waals surface area contributed by atoms with Crippen molar-refractivity contribution in [2.75, 3.05) is 0 Å². The summed E-state index contributed by atoms with van der Waals surface area (Å²) in [5.41, 5.74) is 1.32. The first-order chi connectivity index (χ1) is 6.66. The fourth-order valence-electron chi connectivity index (χ4n) is 0.534. The predicted molar refractivity (Wildman–Crippen MR) is 70.2 cm³/mol. The molecule has 0 radical (unpaired) electrons. The van der Waals surface area contributed by atoms with Crippen molar-refractivity contribution in [3.05, 3.63) is 35.9 Å². The number of benzene rings is 1. The van der Waals surface area contributed by atoms with Crippen molar-refractivity contribution in [1.82, 2.24) is 0 Å². The average Bonchev–Trinajstić information content (AvgIpc) is 2.23. The van der Waals surface area contributed by atoms with Gasteiger partial charge in [-0.1, -0.05) is 64.1 Å². The lowest BCUT2D eigenvalue weighted by Crippen LogP contribution is -1.80. The molecule has 0 aliphatic carbocycles. The minimum atomic E-state index is 0. The highest BCUT2D eigenvalue weighted by molar-refractivity contribution is 5.74. The molecular weight excluding hydrogens is 184 g/mol. The van der Waals surface area contributed by atoms with Crippen LogP contribution in [0.1, 0.15) is 47.1 Å². The standard InChI is InChI=1S/C7H8.C4H8O.C2H6.CH4/c1-7-5-3-2-4-6-7;1-3-4(2)5;1-2;/h2-6H,1H3;3H2,1-2H3;1-2H3;1H4. The summed E-state index contributed by atoms with van der Waals surface area (Å²) in [6.45, 7) is 9.52. The van der Waals surface area contributed by atoms with Gasteiger partial charge in [0.1, 0.15) is 5.78 Å². The van der Waals surface area contributed by atoms with E-state index in [1.807, 2.05) is 39.0 Å². The molecule has 1 aromatic carbocycles. The maximum absolute atomic E-state index is 9.81. The Kier molecular flexibility index (Phi) is 19.9. The number of hydrogen-bond donors (Lipinski definition) is 0. The monoisotopic (exact) mass is 210 g/mol. The van der Waals surface area contributed by atoms with Gasteiger partial charge in [0.05, 0.1) is 0 Å². The third kappa shape index (κ3) is 19.3. The van der Waals surface area contributed by atoms with Crippen LogP contribution in [0.2, 0.25) is 0 Å². The molecule has 0 bridgehead atoms. The Morgan fingerprint density at radius 3 is 1.60 bits per heavy atom. The third-order valence-corrected chi connectivity index (χ3v) is 1.44. The van der Waals surface area contributed by atoms with Crippen LogP contribution in [0.4, 0.5) is 0 Å². The van der Waals surface area contributed by atoms with E-state index in [1.165, 1.54) is 5.56 Å². The average molecular weight is 210 g/mol. The summed E-state index contributed by atoms with van der Waals surface area (Å²) in [5.74, 6) is 0.255. The molecular formula is C14H26O. The van der Waals surface area contributed by atoms with E-state index >= 15 is 0 Å². The van der Waals surface area contributed by atoms with Gasteiger partial charge in [0.2, 0.25) is 0 Å². The molecule has 0 saturated heterocycles.